The molecule has 0 aliphatic heterocycles. The van der Waals surface area contributed by atoms with Crippen molar-refractivity contribution in [2.75, 3.05) is 0 Å². The molecule has 4 nitrogen and oxygen atoms in total. The Kier molecular flexibility index (Phi) is 3.98. The van der Waals surface area contributed by atoms with Crippen molar-refractivity contribution in [1.82, 2.24) is 4.98 Å². The quantitative estimate of drug-likeness (QED) is 0.803. The lowest BCUT2D eigenvalue weighted by Gasteiger charge is -2.08. The van der Waals surface area contributed by atoms with Crippen LogP contribution in [0.2, 0.25) is 0 Å². The topological polar surface area (TPSA) is 67.3 Å². The lowest BCUT2D eigenvalue weighted by Crippen LogP contribution is -2.08. The molecule has 0 radical (unpaired) electrons. The van der Waals surface area contributed by atoms with E-state index in [4.69, 9.17) is 0 Å². The predicted octanol–water partition coefficient (Wildman–Crippen LogP) is 3.24. The minimum absolute atomic E-state index is 0.00651. The van der Waals surface area contributed by atoms with Crippen molar-refractivity contribution in [2.24, 2.45) is 0 Å². The molecule has 0 fully saturated rings. The molecule has 0 aliphatic rings. The Hall–Kier alpha value is -2.53. The number of aromatic carboxylic acids is 1. The molecular weight excluding hydrogens is 298 g/mol. The average Bonchev–Trinajstić information content (AvgIpc) is 2.54. The van der Waals surface area contributed by atoms with Crippen LogP contribution in [0.25, 0.3) is 10.9 Å². The molecule has 22 heavy (non-hydrogen) atoms. The van der Waals surface area contributed by atoms with Gasteiger partial charge in [0.1, 0.15) is 5.03 Å². The summed E-state index contributed by atoms with van der Waals surface area (Å²) in [7, 11) is -1.51. The normalized spacial score (nSPS) is 12.2. The first-order chi connectivity index (χ1) is 10.6. The van der Waals surface area contributed by atoms with E-state index < -0.39 is 16.8 Å². The summed E-state index contributed by atoms with van der Waals surface area (Å²) in [5, 5.41) is 10.2. The second-order valence-electron chi connectivity index (χ2n) is 4.81. The van der Waals surface area contributed by atoms with Crippen LogP contribution in [0, 0.1) is 0 Å². The number of nitrogens with zero attached hydrogens (tertiary/aromatic N) is 1. The van der Waals surface area contributed by atoms with Gasteiger partial charge in [-0.25, -0.2) is 9.78 Å². The van der Waals surface area contributed by atoms with Crippen LogP contribution in [-0.2, 0) is 16.6 Å². The first kappa shape index (κ1) is 14.4. The van der Waals surface area contributed by atoms with E-state index in [1.807, 2.05) is 42.5 Å². The van der Waals surface area contributed by atoms with Gasteiger partial charge in [0.05, 0.1) is 27.6 Å². The molecule has 3 aromatic rings. The van der Waals surface area contributed by atoms with Gasteiger partial charge in [-0.05, 0) is 17.7 Å². The Bertz CT molecular complexity index is 862. The summed E-state index contributed by atoms with van der Waals surface area (Å²) >= 11 is 0. The van der Waals surface area contributed by atoms with Crippen molar-refractivity contribution in [2.45, 2.75) is 10.8 Å². The van der Waals surface area contributed by atoms with E-state index >= 15 is 0 Å². The molecule has 1 aromatic heterocycles. The summed E-state index contributed by atoms with van der Waals surface area (Å²) in [6.45, 7) is 0. The lowest BCUT2D eigenvalue weighted by molar-refractivity contribution is 0.0692. The summed E-state index contributed by atoms with van der Waals surface area (Å²) in [6, 6.07) is 18.1. The fourth-order valence-electron chi connectivity index (χ4n) is 2.22. The molecule has 0 bridgehead atoms. The van der Waals surface area contributed by atoms with Gasteiger partial charge in [-0.2, -0.15) is 0 Å². The highest BCUT2D eigenvalue weighted by atomic mass is 32.2. The van der Waals surface area contributed by atoms with Gasteiger partial charge in [0.15, 0.2) is 0 Å². The molecular formula is C17H13NO3S. The van der Waals surface area contributed by atoms with E-state index in [-0.39, 0.29) is 16.3 Å². The van der Waals surface area contributed by atoms with E-state index in [1.54, 1.807) is 12.1 Å². The smallest absolute Gasteiger partial charge is 0.338 e. The van der Waals surface area contributed by atoms with Crippen molar-refractivity contribution in [3.8, 4) is 0 Å². The zero-order valence-corrected chi connectivity index (χ0v) is 12.4. The number of benzene rings is 2. The minimum Gasteiger partial charge on any atom is -0.478 e. The van der Waals surface area contributed by atoms with Crippen LogP contribution in [-0.4, -0.2) is 20.3 Å². The van der Waals surface area contributed by atoms with Crippen LogP contribution >= 0.6 is 0 Å². The Morgan fingerprint density at radius 3 is 2.45 bits per heavy atom. The summed E-state index contributed by atoms with van der Waals surface area (Å²) in [5.74, 6) is -0.874. The summed E-state index contributed by atoms with van der Waals surface area (Å²) in [5.41, 5.74) is 1.52. The number of para-hydroxylation sites is 1. The highest BCUT2D eigenvalue weighted by Gasteiger charge is 2.18. The van der Waals surface area contributed by atoms with Gasteiger partial charge >= 0.3 is 5.97 Å². The molecule has 5 heteroatoms. The molecule has 0 aliphatic carbocycles. The minimum atomic E-state index is -1.51. The molecule has 0 saturated heterocycles. The van der Waals surface area contributed by atoms with Crippen LogP contribution in [0.4, 0.5) is 0 Å². The third-order valence-electron chi connectivity index (χ3n) is 3.28. The molecule has 110 valence electrons. The Morgan fingerprint density at radius 1 is 1.05 bits per heavy atom. The maximum Gasteiger partial charge on any atom is 0.338 e. The van der Waals surface area contributed by atoms with Gasteiger partial charge in [0, 0.05) is 5.39 Å². The van der Waals surface area contributed by atoms with Crippen molar-refractivity contribution < 1.29 is 14.1 Å². The number of hydrogen-bond donors (Lipinski definition) is 1. The lowest BCUT2D eigenvalue weighted by atomic mass is 10.1. The van der Waals surface area contributed by atoms with Gasteiger partial charge in [-0.3, -0.25) is 4.21 Å². The maximum absolute atomic E-state index is 12.6. The SMILES string of the molecule is O=C(O)c1cc2ccccc2nc1S(=O)Cc1ccccc1. The molecule has 0 spiro atoms. The monoisotopic (exact) mass is 311 g/mol. The van der Waals surface area contributed by atoms with E-state index in [2.05, 4.69) is 4.98 Å². The van der Waals surface area contributed by atoms with Crippen LogP contribution in [0.15, 0.2) is 65.7 Å². The van der Waals surface area contributed by atoms with Crippen LogP contribution < -0.4 is 0 Å². The first-order valence-corrected chi connectivity index (χ1v) is 8.02. The molecule has 0 saturated carbocycles. The van der Waals surface area contributed by atoms with E-state index in [1.165, 1.54) is 6.07 Å². The number of fused-ring (bicyclic) bond motifs is 1. The summed E-state index contributed by atoms with van der Waals surface area (Å²) in [4.78, 5) is 15.8. The average molecular weight is 311 g/mol. The van der Waals surface area contributed by atoms with Gasteiger partial charge in [-0.1, -0.05) is 48.5 Å². The van der Waals surface area contributed by atoms with E-state index in [0.717, 1.165) is 10.9 Å². The number of rotatable bonds is 4. The molecule has 1 atom stereocenters. The highest BCUT2D eigenvalue weighted by Crippen LogP contribution is 2.21. The maximum atomic E-state index is 12.6. The largest absolute Gasteiger partial charge is 0.478 e. The number of carboxylic acids is 1. The Balaban J connectivity index is 2.06. The highest BCUT2D eigenvalue weighted by molar-refractivity contribution is 7.84. The van der Waals surface area contributed by atoms with Crippen molar-refractivity contribution in [1.29, 1.82) is 0 Å². The van der Waals surface area contributed by atoms with E-state index in [0.29, 0.717) is 5.52 Å². The second-order valence-corrected chi connectivity index (χ2v) is 6.18. The second kappa shape index (κ2) is 6.07. The number of carboxylic acid groups (broad SMARTS) is 1. The van der Waals surface area contributed by atoms with E-state index in [9.17, 15) is 14.1 Å². The summed E-state index contributed by atoms with van der Waals surface area (Å²) < 4.78 is 12.6. The van der Waals surface area contributed by atoms with Gasteiger partial charge in [0.2, 0.25) is 0 Å². The molecule has 1 heterocycles. The van der Waals surface area contributed by atoms with Crippen molar-refractivity contribution in [3.05, 3.63) is 71.8 Å². The van der Waals surface area contributed by atoms with Crippen LogP contribution in [0.5, 0.6) is 0 Å². The fourth-order valence-corrected chi connectivity index (χ4v) is 3.44. The number of carbonyl (C=O) groups is 1. The fraction of sp³-hybridized carbons (Fsp3) is 0.0588. The first-order valence-electron chi connectivity index (χ1n) is 6.70. The Labute approximate surface area is 129 Å². The number of hydrogen-bond acceptors (Lipinski definition) is 3. The number of aromatic nitrogens is 1. The van der Waals surface area contributed by atoms with Crippen molar-refractivity contribution in [3.63, 3.8) is 0 Å². The Morgan fingerprint density at radius 2 is 1.73 bits per heavy atom. The predicted molar refractivity (Wildman–Crippen MR) is 85.3 cm³/mol. The van der Waals surface area contributed by atoms with Gasteiger partial charge < -0.3 is 5.11 Å². The molecule has 2 aromatic carbocycles. The van der Waals surface area contributed by atoms with Gasteiger partial charge in [0.25, 0.3) is 0 Å². The molecule has 1 unspecified atom stereocenters. The molecule has 3 rings (SSSR count). The van der Waals surface area contributed by atoms with Crippen LogP contribution in [0.3, 0.4) is 0 Å². The van der Waals surface area contributed by atoms with Crippen LogP contribution in [0.1, 0.15) is 15.9 Å². The molecule has 0 amide bonds. The zero-order chi connectivity index (χ0) is 15.5. The standard InChI is InChI=1S/C17H13NO3S/c19-17(20)14-10-13-8-4-5-9-15(13)18-16(14)22(21)11-12-6-2-1-3-7-12/h1-10H,11H2,(H,19,20). The van der Waals surface area contributed by atoms with Gasteiger partial charge in [-0.15, -0.1) is 0 Å². The zero-order valence-electron chi connectivity index (χ0n) is 11.6. The third kappa shape index (κ3) is 2.89. The summed E-state index contributed by atoms with van der Waals surface area (Å²) in [6.07, 6.45) is 0. The van der Waals surface area contributed by atoms with Crippen molar-refractivity contribution >= 4 is 27.7 Å². The number of pyridine rings is 1. The third-order valence-corrected chi connectivity index (χ3v) is 4.61. The molecule has 1 N–H and O–H groups in total.